The van der Waals surface area contributed by atoms with Crippen LogP contribution in [0.3, 0.4) is 0 Å². The zero-order chi connectivity index (χ0) is 14.5. The second-order valence-electron chi connectivity index (χ2n) is 3.83. The molecular formula is C13H10Cl2N4O. The molecule has 20 heavy (non-hydrogen) atoms. The van der Waals surface area contributed by atoms with Crippen molar-refractivity contribution in [3.63, 3.8) is 0 Å². The van der Waals surface area contributed by atoms with Crippen LogP contribution in [-0.4, -0.2) is 4.98 Å². The van der Waals surface area contributed by atoms with Crippen LogP contribution < -0.4 is 16.0 Å². The number of nitriles is 1. The first-order valence-electron chi connectivity index (χ1n) is 5.60. The van der Waals surface area contributed by atoms with Gasteiger partial charge in [-0.05, 0) is 23.8 Å². The Bertz CT molecular complexity index is 653. The van der Waals surface area contributed by atoms with Crippen LogP contribution in [0.5, 0.6) is 11.6 Å². The maximum atomic E-state index is 8.60. The first-order valence-corrected chi connectivity index (χ1v) is 6.36. The molecule has 0 atom stereocenters. The van der Waals surface area contributed by atoms with E-state index in [0.29, 0.717) is 17.2 Å². The van der Waals surface area contributed by atoms with E-state index in [1.54, 1.807) is 24.3 Å². The van der Waals surface area contributed by atoms with Crippen molar-refractivity contribution in [1.82, 2.24) is 4.98 Å². The third kappa shape index (κ3) is 3.31. The fourth-order valence-corrected chi connectivity index (χ4v) is 1.95. The number of hydrazine groups is 1. The van der Waals surface area contributed by atoms with E-state index in [2.05, 4.69) is 16.5 Å². The number of nitrogens with one attached hydrogen (secondary N) is 1. The molecule has 0 spiro atoms. The van der Waals surface area contributed by atoms with Crippen molar-refractivity contribution in [2.45, 2.75) is 6.42 Å². The smallest absolute Gasteiger partial charge is 0.240 e. The van der Waals surface area contributed by atoms with Gasteiger partial charge in [0.25, 0.3) is 0 Å². The van der Waals surface area contributed by atoms with Gasteiger partial charge < -0.3 is 10.2 Å². The summed E-state index contributed by atoms with van der Waals surface area (Å²) in [7, 11) is 0. The molecule has 0 aliphatic heterocycles. The Morgan fingerprint density at radius 3 is 2.55 bits per heavy atom. The zero-order valence-corrected chi connectivity index (χ0v) is 11.7. The van der Waals surface area contributed by atoms with Crippen LogP contribution >= 0.6 is 23.2 Å². The molecule has 1 aromatic heterocycles. The quantitative estimate of drug-likeness (QED) is 0.666. The number of ether oxygens (including phenoxy) is 1. The van der Waals surface area contributed by atoms with Gasteiger partial charge in [-0.2, -0.15) is 10.2 Å². The number of anilines is 1. The van der Waals surface area contributed by atoms with Crippen LogP contribution in [-0.2, 0) is 6.42 Å². The lowest BCUT2D eigenvalue weighted by atomic mass is 10.2. The maximum absolute atomic E-state index is 8.60. The molecule has 0 aliphatic carbocycles. The van der Waals surface area contributed by atoms with Crippen LogP contribution in [0.1, 0.15) is 5.56 Å². The summed E-state index contributed by atoms with van der Waals surface area (Å²) < 4.78 is 5.56. The summed E-state index contributed by atoms with van der Waals surface area (Å²) in [5.41, 5.74) is 3.26. The molecule has 1 aromatic carbocycles. The van der Waals surface area contributed by atoms with Crippen LogP contribution in [0.25, 0.3) is 0 Å². The van der Waals surface area contributed by atoms with Crippen molar-refractivity contribution < 1.29 is 4.74 Å². The second kappa shape index (κ2) is 6.44. The van der Waals surface area contributed by atoms with Crippen molar-refractivity contribution in [3.8, 4) is 17.7 Å². The van der Waals surface area contributed by atoms with Gasteiger partial charge in [0.15, 0.2) is 5.82 Å². The Morgan fingerprint density at radius 2 is 1.95 bits per heavy atom. The average Bonchev–Trinajstić information content (AvgIpc) is 2.44. The second-order valence-corrected chi connectivity index (χ2v) is 4.65. The van der Waals surface area contributed by atoms with Crippen LogP contribution in [0.15, 0.2) is 30.3 Å². The van der Waals surface area contributed by atoms with Gasteiger partial charge in [0.1, 0.15) is 10.8 Å². The van der Waals surface area contributed by atoms with E-state index in [9.17, 15) is 0 Å². The molecule has 3 N–H and O–H groups in total. The van der Waals surface area contributed by atoms with Crippen molar-refractivity contribution >= 4 is 29.0 Å². The summed E-state index contributed by atoms with van der Waals surface area (Å²) >= 11 is 11.9. The van der Waals surface area contributed by atoms with Gasteiger partial charge in [-0.1, -0.05) is 35.3 Å². The Balaban J connectivity index is 2.23. The number of rotatable bonds is 4. The summed E-state index contributed by atoms with van der Waals surface area (Å²) in [6.45, 7) is 0. The highest BCUT2D eigenvalue weighted by molar-refractivity contribution is 6.36. The molecule has 0 radical (unpaired) electrons. The first-order chi connectivity index (χ1) is 9.63. The molecule has 102 valence electrons. The van der Waals surface area contributed by atoms with E-state index in [1.165, 1.54) is 6.07 Å². The molecule has 0 bridgehead atoms. The lowest BCUT2D eigenvalue weighted by Gasteiger charge is -2.09. The third-order valence-corrected chi connectivity index (χ3v) is 3.01. The van der Waals surface area contributed by atoms with Crippen molar-refractivity contribution in [2.24, 2.45) is 5.84 Å². The largest absolute Gasteiger partial charge is 0.437 e. The highest BCUT2D eigenvalue weighted by Crippen LogP contribution is 2.33. The summed E-state index contributed by atoms with van der Waals surface area (Å²) in [5, 5.41) is 9.18. The number of hydrogen-bond donors (Lipinski definition) is 2. The minimum Gasteiger partial charge on any atom is -0.437 e. The Hall–Kier alpha value is -2.00. The van der Waals surface area contributed by atoms with Crippen molar-refractivity contribution in [1.29, 1.82) is 5.26 Å². The minimum absolute atomic E-state index is 0.192. The van der Waals surface area contributed by atoms with Crippen molar-refractivity contribution in [3.05, 3.63) is 45.9 Å². The summed E-state index contributed by atoms with van der Waals surface area (Å²) in [4.78, 5) is 4.07. The molecule has 0 saturated carbocycles. The molecule has 2 aromatic rings. The lowest BCUT2D eigenvalue weighted by molar-refractivity contribution is 0.464. The van der Waals surface area contributed by atoms with E-state index < -0.39 is 0 Å². The number of hydrogen-bond acceptors (Lipinski definition) is 5. The Morgan fingerprint density at radius 1 is 1.25 bits per heavy atom. The summed E-state index contributed by atoms with van der Waals surface area (Å²) in [5.74, 6) is 6.30. The average molecular weight is 309 g/mol. The number of benzene rings is 1. The van der Waals surface area contributed by atoms with Gasteiger partial charge in [0.2, 0.25) is 5.88 Å². The normalized spacial score (nSPS) is 9.90. The highest BCUT2D eigenvalue weighted by Gasteiger charge is 2.10. The zero-order valence-electron chi connectivity index (χ0n) is 10.2. The topological polar surface area (TPSA) is 84.0 Å². The number of nitrogens with two attached hydrogens (primary N) is 1. The molecule has 0 fully saturated rings. The summed E-state index contributed by atoms with van der Waals surface area (Å²) in [6.07, 6.45) is 0.349. The third-order valence-electron chi connectivity index (χ3n) is 2.46. The number of nitrogen functional groups attached to an aromatic ring is 1. The molecular weight excluding hydrogens is 299 g/mol. The predicted octanol–water partition coefficient (Wildman–Crippen LogP) is 3.53. The monoisotopic (exact) mass is 308 g/mol. The standard InChI is InChI=1S/C13H10Cl2N4O/c14-10-7-11(15)13(18-12(10)19-17)20-9-3-1-8(2-4-9)5-6-16/h1-4,7H,5,17H2,(H,18,19). The Labute approximate surface area is 125 Å². The minimum atomic E-state index is 0.192. The van der Waals surface area contributed by atoms with Crippen molar-refractivity contribution in [2.75, 3.05) is 5.43 Å². The fraction of sp³-hybridized carbons (Fsp3) is 0.0769. The van der Waals surface area contributed by atoms with Gasteiger partial charge in [-0.25, -0.2) is 5.84 Å². The first kappa shape index (κ1) is 14.4. The molecule has 1 heterocycles. The van der Waals surface area contributed by atoms with Gasteiger partial charge in [-0.15, -0.1) is 0 Å². The number of pyridine rings is 1. The van der Waals surface area contributed by atoms with Gasteiger partial charge in [-0.3, -0.25) is 0 Å². The van der Waals surface area contributed by atoms with E-state index in [4.69, 9.17) is 39.0 Å². The molecule has 0 aliphatic rings. The van der Waals surface area contributed by atoms with Gasteiger partial charge in [0.05, 0.1) is 17.5 Å². The number of nitrogens with zero attached hydrogens (tertiary/aromatic N) is 2. The molecule has 2 rings (SSSR count). The van der Waals surface area contributed by atoms with Gasteiger partial charge in [0, 0.05) is 0 Å². The van der Waals surface area contributed by atoms with E-state index in [1.807, 2.05) is 0 Å². The maximum Gasteiger partial charge on any atom is 0.240 e. The van der Waals surface area contributed by atoms with Crippen LogP contribution in [0.4, 0.5) is 5.82 Å². The fourth-order valence-electron chi connectivity index (χ4n) is 1.50. The van der Waals surface area contributed by atoms with Gasteiger partial charge >= 0.3 is 0 Å². The number of halogens is 2. The SMILES string of the molecule is N#CCc1ccc(Oc2nc(NN)c(Cl)cc2Cl)cc1. The van der Waals surface area contributed by atoms with Crippen LogP contribution in [0.2, 0.25) is 10.0 Å². The predicted molar refractivity (Wildman–Crippen MR) is 77.9 cm³/mol. The molecule has 7 heteroatoms. The molecule has 0 unspecified atom stereocenters. The number of aromatic nitrogens is 1. The molecule has 0 saturated heterocycles. The molecule has 0 amide bonds. The summed E-state index contributed by atoms with van der Waals surface area (Å²) in [6, 6.07) is 10.6. The van der Waals surface area contributed by atoms with E-state index in [0.717, 1.165) is 5.56 Å². The van der Waals surface area contributed by atoms with E-state index in [-0.39, 0.29) is 16.7 Å². The van der Waals surface area contributed by atoms with E-state index >= 15 is 0 Å². The molecule has 5 nitrogen and oxygen atoms in total. The lowest BCUT2D eigenvalue weighted by Crippen LogP contribution is -2.09. The Kier molecular flexibility index (Phi) is 4.64. The van der Waals surface area contributed by atoms with Crippen LogP contribution in [0, 0.1) is 11.3 Å². The highest BCUT2D eigenvalue weighted by atomic mass is 35.5.